The molecule has 0 radical (unpaired) electrons. The Labute approximate surface area is 216 Å². The molecule has 186 valence electrons. The van der Waals surface area contributed by atoms with Crippen LogP contribution in [-0.4, -0.2) is 28.5 Å². The first-order valence-electron chi connectivity index (χ1n) is 12.1. The summed E-state index contributed by atoms with van der Waals surface area (Å²) in [6.07, 6.45) is 0. The molecular weight excluding hydrogens is 445 g/mol. The van der Waals surface area contributed by atoms with E-state index in [0.717, 1.165) is 11.4 Å². The van der Waals surface area contributed by atoms with E-state index in [1.807, 2.05) is 98.8 Å². The van der Waals surface area contributed by atoms with Crippen molar-refractivity contribution in [3.8, 4) is 17.2 Å². The van der Waals surface area contributed by atoms with Crippen LogP contribution in [0.5, 0.6) is 17.2 Å². The maximum Gasteiger partial charge on any atom is 0.864 e. The van der Waals surface area contributed by atoms with Gasteiger partial charge in [-0.3, -0.25) is 4.48 Å². The molecule has 0 saturated carbocycles. The summed E-state index contributed by atoms with van der Waals surface area (Å²) in [5.41, 5.74) is 5.85. The molecule has 0 N–H and O–H groups in total. The first-order valence-corrected chi connectivity index (χ1v) is 12.1. The van der Waals surface area contributed by atoms with Crippen LogP contribution in [0.1, 0.15) is 22.3 Å². The normalized spacial score (nSPS) is 10.6. The molecule has 4 rings (SSSR count). The van der Waals surface area contributed by atoms with Crippen LogP contribution in [0.15, 0.2) is 91.0 Å². The van der Waals surface area contributed by atoms with Crippen molar-refractivity contribution < 1.29 is 14.0 Å². The van der Waals surface area contributed by atoms with E-state index >= 15 is 0 Å². The molecule has 0 bridgehead atoms. The summed E-state index contributed by atoms with van der Waals surface area (Å²) in [5.74, 6) is 2.10. The molecule has 0 fully saturated rings. The largest absolute Gasteiger partial charge is 0.864 e. The molecular formula is C31H36BNO3. The van der Waals surface area contributed by atoms with Crippen molar-refractivity contribution in [2.75, 3.05) is 21.1 Å². The molecule has 0 saturated heterocycles. The molecule has 4 aromatic carbocycles. The van der Waals surface area contributed by atoms with Gasteiger partial charge in [-0.1, -0.05) is 48.4 Å². The fourth-order valence-electron chi connectivity index (χ4n) is 3.35. The zero-order chi connectivity index (χ0) is 26.1. The minimum Gasteiger partial charge on any atom is -0.490 e. The van der Waals surface area contributed by atoms with Gasteiger partial charge in [0.15, 0.2) is 11.4 Å². The van der Waals surface area contributed by atoms with Crippen molar-refractivity contribution in [1.82, 2.24) is 4.48 Å². The maximum atomic E-state index is 6.24. The monoisotopic (exact) mass is 481 g/mol. The highest BCUT2D eigenvalue weighted by Gasteiger charge is 2.33. The zero-order valence-corrected chi connectivity index (χ0v) is 22.4. The average Bonchev–Trinajstić information content (AvgIpc) is 2.83. The van der Waals surface area contributed by atoms with Crippen LogP contribution in [0, 0.1) is 33.8 Å². The minimum atomic E-state index is -0.923. The smallest absolute Gasteiger partial charge is 0.490 e. The van der Waals surface area contributed by atoms with Crippen LogP contribution in [0.25, 0.3) is 0 Å². The molecule has 0 aliphatic rings. The van der Waals surface area contributed by atoms with Crippen LogP contribution in [0.2, 0.25) is 0 Å². The van der Waals surface area contributed by atoms with E-state index in [2.05, 4.69) is 47.1 Å². The van der Waals surface area contributed by atoms with E-state index in [1.165, 1.54) is 22.3 Å². The molecule has 0 heterocycles. The SMILES string of the molecule is Cc1cc[c-]cc1.Cc1ccc(OB(Oc2ccc(C)cc2)Oc2ccc(C)cc2[N+](C)(C)C)cc1. The number of hydrogen-bond acceptors (Lipinski definition) is 3. The van der Waals surface area contributed by atoms with Gasteiger partial charge in [-0.2, -0.15) is 35.9 Å². The number of rotatable bonds is 7. The molecule has 0 atom stereocenters. The van der Waals surface area contributed by atoms with Gasteiger partial charge in [0.05, 0.1) is 21.1 Å². The molecule has 0 unspecified atom stereocenters. The van der Waals surface area contributed by atoms with Crippen molar-refractivity contribution in [3.05, 3.63) is 119 Å². The van der Waals surface area contributed by atoms with Crippen molar-refractivity contribution in [3.63, 3.8) is 0 Å². The van der Waals surface area contributed by atoms with Gasteiger partial charge < -0.3 is 14.0 Å². The van der Waals surface area contributed by atoms with Gasteiger partial charge in [-0.25, -0.2) is 0 Å². The lowest BCUT2D eigenvalue weighted by Crippen LogP contribution is -2.39. The summed E-state index contributed by atoms with van der Waals surface area (Å²) >= 11 is 0. The highest BCUT2D eigenvalue weighted by Crippen LogP contribution is 2.32. The number of hydrogen-bond donors (Lipinski definition) is 0. The molecule has 0 spiro atoms. The summed E-state index contributed by atoms with van der Waals surface area (Å²) in [6.45, 7) is 8.22. The third kappa shape index (κ3) is 8.51. The first kappa shape index (κ1) is 26.9. The second-order valence-corrected chi connectivity index (χ2v) is 9.83. The second-order valence-electron chi connectivity index (χ2n) is 9.83. The predicted octanol–water partition coefficient (Wildman–Crippen LogP) is 7.13. The lowest BCUT2D eigenvalue weighted by molar-refractivity contribution is 0.303. The van der Waals surface area contributed by atoms with Crippen LogP contribution in [0.3, 0.4) is 0 Å². The van der Waals surface area contributed by atoms with E-state index in [9.17, 15) is 0 Å². The van der Waals surface area contributed by atoms with Crippen LogP contribution >= 0.6 is 0 Å². The Hall–Kier alpha value is -3.70. The Morgan fingerprint density at radius 2 is 1.00 bits per heavy atom. The van der Waals surface area contributed by atoms with Crippen LogP contribution in [-0.2, 0) is 0 Å². The molecule has 36 heavy (non-hydrogen) atoms. The van der Waals surface area contributed by atoms with E-state index in [0.29, 0.717) is 16.0 Å². The maximum absolute atomic E-state index is 6.24. The van der Waals surface area contributed by atoms with Crippen molar-refractivity contribution in [1.29, 1.82) is 0 Å². The van der Waals surface area contributed by atoms with E-state index in [1.54, 1.807) is 0 Å². The standard InChI is InChI=1S/C24H29BNO3.C7H7/c1-18-7-12-21(13-8-18)27-25(28-22-14-9-19(2)10-15-22)29-24-16-11-20(3)17-23(24)26(4,5)6;1-7-5-3-2-4-6-7/h7-17H,1-6H3;3-6H,1H3/q+1;-1. The quantitative estimate of drug-likeness (QED) is 0.160. The van der Waals surface area contributed by atoms with Gasteiger partial charge in [-0.15, -0.1) is 0 Å². The minimum absolute atomic E-state index is 0.624. The lowest BCUT2D eigenvalue weighted by Gasteiger charge is -2.27. The number of aryl methyl sites for hydroxylation is 4. The fourth-order valence-corrected chi connectivity index (χ4v) is 3.35. The summed E-state index contributed by atoms with van der Waals surface area (Å²) in [6, 6.07) is 32.6. The summed E-state index contributed by atoms with van der Waals surface area (Å²) in [5, 5.41) is 0. The van der Waals surface area contributed by atoms with Gasteiger partial charge in [0.25, 0.3) is 0 Å². The number of quaternary nitrogens is 1. The summed E-state index contributed by atoms with van der Waals surface area (Å²) in [4.78, 5) is 0. The Bertz CT molecular complexity index is 1170. The van der Waals surface area contributed by atoms with E-state index in [4.69, 9.17) is 14.0 Å². The molecule has 4 aromatic rings. The Kier molecular flexibility index (Phi) is 9.21. The molecule has 0 amide bonds. The van der Waals surface area contributed by atoms with E-state index < -0.39 is 7.32 Å². The van der Waals surface area contributed by atoms with Crippen LogP contribution in [0.4, 0.5) is 5.69 Å². The Balaban J connectivity index is 0.000000444. The van der Waals surface area contributed by atoms with E-state index in [-0.39, 0.29) is 0 Å². The van der Waals surface area contributed by atoms with Gasteiger partial charge in [0, 0.05) is 6.07 Å². The molecule has 0 aliphatic heterocycles. The fraction of sp³-hybridized carbons (Fsp3) is 0.226. The third-order valence-electron chi connectivity index (χ3n) is 5.45. The summed E-state index contributed by atoms with van der Waals surface area (Å²) in [7, 11) is 5.41. The van der Waals surface area contributed by atoms with Crippen molar-refractivity contribution in [2.45, 2.75) is 27.7 Å². The zero-order valence-electron chi connectivity index (χ0n) is 22.4. The predicted molar refractivity (Wildman–Crippen MR) is 151 cm³/mol. The number of nitrogens with zero attached hydrogens (tertiary/aromatic N) is 1. The average molecular weight is 481 g/mol. The molecule has 4 nitrogen and oxygen atoms in total. The van der Waals surface area contributed by atoms with Crippen LogP contribution < -0.4 is 18.4 Å². The highest BCUT2D eigenvalue weighted by molar-refractivity contribution is 6.39. The molecule has 0 aromatic heterocycles. The molecule has 0 aliphatic carbocycles. The Morgan fingerprint density at radius 3 is 1.42 bits per heavy atom. The van der Waals surface area contributed by atoms with Crippen molar-refractivity contribution in [2.24, 2.45) is 0 Å². The first-order chi connectivity index (χ1) is 17.1. The Morgan fingerprint density at radius 1 is 0.556 bits per heavy atom. The summed E-state index contributed by atoms with van der Waals surface area (Å²) < 4.78 is 19.0. The van der Waals surface area contributed by atoms with Gasteiger partial charge >= 0.3 is 7.32 Å². The van der Waals surface area contributed by atoms with Gasteiger partial charge in [0.1, 0.15) is 11.5 Å². The topological polar surface area (TPSA) is 27.7 Å². The highest BCUT2D eigenvalue weighted by atomic mass is 16.7. The van der Waals surface area contributed by atoms with Gasteiger partial charge in [0.2, 0.25) is 0 Å². The molecule has 5 heteroatoms. The number of benzene rings is 4. The second kappa shape index (κ2) is 12.3. The van der Waals surface area contributed by atoms with Crippen molar-refractivity contribution >= 4 is 13.0 Å². The van der Waals surface area contributed by atoms with Gasteiger partial charge in [-0.05, 0) is 56.7 Å². The lowest BCUT2D eigenvalue weighted by atomic mass is 10.1. The third-order valence-corrected chi connectivity index (χ3v) is 5.45.